The first-order valence-electron chi connectivity index (χ1n) is 12.9. The molecule has 218 valence electrons. The number of phenols is 1. The van der Waals surface area contributed by atoms with Crippen LogP contribution in [0.3, 0.4) is 0 Å². The highest BCUT2D eigenvalue weighted by Crippen LogP contribution is 2.53. The maximum absolute atomic E-state index is 14.0. The van der Waals surface area contributed by atoms with Crippen molar-refractivity contribution in [2.24, 2.45) is 17.6 Å². The first-order valence-corrected chi connectivity index (χ1v) is 12.9. The molecule has 0 radical (unpaired) electrons. The Balaban J connectivity index is 1.90. The normalized spacial score (nSPS) is 26.6. The van der Waals surface area contributed by atoms with Crippen molar-refractivity contribution in [2.75, 3.05) is 33.1 Å². The Morgan fingerprint density at radius 3 is 2.30 bits per heavy atom. The smallest absolute Gasteiger partial charge is 0.255 e. The second-order valence-electron chi connectivity index (χ2n) is 12.1. The van der Waals surface area contributed by atoms with Crippen molar-refractivity contribution in [1.82, 2.24) is 4.90 Å². The summed E-state index contributed by atoms with van der Waals surface area (Å²) in [4.78, 5) is 53.5. The van der Waals surface area contributed by atoms with Crippen LogP contribution in [-0.2, 0) is 32.4 Å². The minimum Gasteiger partial charge on any atom is -0.510 e. The van der Waals surface area contributed by atoms with Gasteiger partial charge in [-0.25, -0.2) is 9.78 Å². The van der Waals surface area contributed by atoms with Gasteiger partial charge in [-0.2, -0.15) is 0 Å². The van der Waals surface area contributed by atoms with Crippen LogP contribution in [0.2, 0.25) is 0 Å². The lowest BCUT2D eigenvalue weighted by molar-refractivity contribution is -0.356. The SMILES string of the molecule is CN(C)c1cc(COOC(C)(C)C)c(O)c2c1CC1CC3C(N(C)C)C(O)=C(C(N)=O)C(=O)C3(O)C(O)=C1C2=O. The summed E-state index contributed by atoms with van der Waals surface area (Å²) in [6.07, 6.45) is 0.207. The number of hydrogen-bond acceptors (Lipinski definition) is 11. The molecule has 0 fully saturated rings. The molecule has 0 aromatic heterocycles. The topological polar surface area (TPSA) is 183 Å². The largest absolute Gasteiger partial charge is 0.510 e. The average Bonchev–Trinajstić information content (AvgIpc) is 2.81. The summed E-state index contributed by atoms with van der Waals surface area (Å²) in [6.45, 7) is 5.19. The van der Waals surface area contributed by atoms with Crippen molar-refractivity contribution >= 4 is 23.2 Å². The molecule has 3 aliphatic carbocycles. The molecule has 1 amide bonds. The summed E-state index contributed by atoms with van der Waals surface area (Å²) in [6, 6.07) is 0.649. The van der Waals surface area contributed by atoms with E-state index in [1.807, 2.05) is 0 Å². The molecule has 6 N–H and O–H groups in total. The molecule has 0 spiro atoms. The second-order valence-corrected chi connectivity index (χ2v) is 12.1. The van der Waals surface area contributed by atoms with E-state index in [4.69, 9.17) is 15.5 Å². The number of aromatic hydroxyl groups is 1. The second kappa shape index (κ2) is 9.88. The van der Waals surface area contributed by atoms with E-state index < -0.39 is 63.6 Å². The Bertz CT molecular complexity index is 1360. The van der Waals surface area contributed by atoms with E-state index in [2.05, 4.69) is 0 Å². The number of benzene rings is 1. The first kappa shape index (κ1) is 29.5. The van der Waals surface area contributed by atoms with Crippen molar-refractivity contribution in [3.8, 4) is 5.75 Å². The fourth-order valence-electron chi connectivity index (χ4n) is 6.13. The van der Waals surface area contributed by atoms with Crippen LogP contribution in [0, 0.1) is 11.8 Å². The lowest BCUT2D eigenvalue weighted by Gasteiger charge is -2.50. The van der Waals surface area contributed by atoms with Gasteiger partial charge < -0.3 is 31.1 Å². The minimum absolute atomic E-state index is 0.0175. The highest BCUT2D eigenvalue weighted by Gasteiger charge is 2.63. The molecule has 1 aromatic carbocycles. The van der Waals surface area contributed by atoms with Gasteiger partial charge in [0.2, 0.25) is 5.78 Å². The molecule has 12 nitrogen and oxygen atoms in total. The molecular weight excluding hydrogens is 522 g/mol. The zero-order valence-electron chi connectivity index (χ0n) is 23.7. The number of nitrogens with zero attached hydrogens (tertiary/aromatic N) is 2. The number of carbonyl (C=O) groups is 3. The molecule has 4 unspecified atom stereocenters. The van der Waals surface area contributed by atoms with E-state index in [1.165, 1.54) is 4.90 Å². The van der Waals surface area contributed by atoms with E-state index in [9.17, 15) is 34.8 Å². The molecule has 4 rings (SSSR count). The third-order valence-electron chi connectivity index (χ3n) is 7.78. The number of hydrogen-bond donors (Lipinski definition) is 5. The third kappa shape index (κ3) is 4.44. The van der Waals surface area contributed by atoms with Crippen molar-refractivity contribution < 1.29 is 44.6 Å². The maximum atomic E-state index is 14.0. The molecule has 0 heterocycles. The summed E-state index contributed by atoms with van der Waals surface area (Å²) in [5.74, 6) is -6.93. The fourth-order valence-corrected chi connectivity index (χ4v) is 6.13. The van der Waals surface area contributed by atoms with Crippen molar-refractivity contribution in [3.63, 3.8) is 0 Å². The number of likely N-dealkylation sites (N-methyl/N-ethyl adjacent to an activating group) is 1. The van der Waals surface area contributed by atoms with Gasteiger partial charge in [-0.3, -0.25) is 19.3 Å². The summed E-state index contributed by atoms with van der Waals surface area (Å²) in [7, 11) is 6.74. The number of fused-ring (bicyclic) bond motifs is 3. The van der Waals surface area contributed by atoms with Crippen LogP contribution in [0.25, 0.3) is 0 Å². The number of primary amides is 1. The van der Waals surface area contributed by atoms with Crippen LogP contribution < -0.4 is 10.6 Å². The van der Waals surface area contributed by atoms with E-state index >= 15 is 0 Å². The number of rotatable bonds is 6. The van der Waals surface area contributed by atoms with Gasteiger partial charge in [-0.05, 0) is 65.3 Å². The van der Waals surface area contributed by atoms with Gasteiger partial charge in [-0.15, -0.1) is 0 Å². The summed E-state index contributed by atoms with van der Waals surface area (Å²) in [5.41, 5.74) is 2.35. The Kier molecular flexibility index (Phi) is 7.29. The van der Waals surface area contributed by atoms with Crippen LogP contribution in [0.4, 0.5) is 5.69 Å². The maximum Gasteiger partial charge on any atom is 0.255 e. The van der Waals surface area contributed by atoms with Gasteiger partial charge in [0, 0.05) is 36.8 Å². The number of carbonyl (C=O) groups excluding carboxylic acids is 3. The lowest BCUT2D eigenvalue weighted by Crippen LogP contribution is -2.63. The number of nitrogens with two attached hydrogens (primary N) is 1. The predicted molar refractivity (Wildman–Crippen MR) is 144 cm³/mol. The zero-order valence-corrected chi connectivity index (χ0v) is 23.7. The van der Waals surface area contributed by atoms with E-state index in [-0.39, 0.29) is 41.9 Å². The minimum atomic E-state index is -2.69. The zero-order chi connectivity index (χ0) is 30.1. The Labute approximate surface area is 232 Å². The van der Waals surface area contributed by atoms with Gasteiger partial charge in [0.05, 0.1) is 17.2 Å². The third-order valence-corrected chi connectivity index (χ3v) is 7.78. The standard InChI is InChI=1S/C28H37N3O9/c1-27(2,3)40-39-11-13-10-16(30(4)5)14-8-12-9-15-20(31(6)7)23(34)19(26(29)37)25(36)28(15,38)24(35)17(12)22(33)18(14)21(13)32/h10,12,15,20,32,34-35,38H,8-9,11H2,1-7H3,(H2,29,37). The van der Waals surface area contributed by atoms with Crippen molar-refractivity contribution in [2.45, 2.75) is 57.5 Å². The molecule has 0 bridgehead atoms. The highest BCUT2D eigenvalue weighted by atomic mass is 17.2. The predicted octanol–water partition coefficient (Wildman–Crippen LogP) is 1.43. The molecule has 4 atom stereocenters. The molecule has 0 saturated carbocycles. The summed E-state index contributed by atoms with van der Waals surface area (Å²) >= 11 is 0. The molecular formula is C28H37N3O9. The van der Waals surface area contributed by atoms with Crippen molar-refractivity contribution in [3.05, 3.63) is 45.4 Å². The average molecular weight is 560 g/mol. The number of allylic oxidation sites excluding steroid dienone is 1. The molecule has 1 aromatic rings. The van der Waals surface area contributed by atoms with Crippen LogP contribution in [-0.4, -0.2) is 88.2 Å². The Morgan fingerprint density at radius 1 is 1.15 bits per heavy atom. The first-order chi connectivity index (χ1) is 18.4. The van der Waals surface area contributed by atoms with Gasteiger partial charge in [0.1, 0.15) is 29.4 Å². The van der Waals surface area contributed by atoms with E-state index in [0.29, 0.717) is 11.3 Å². The fraction of sp³-hybridized carbons (Fsp3) is 0.536. The van der Waals surface area contributed by atoms with Gasteiger partial charge in [-0.1, -0.05) is 0 Å². The number of Topliss-reactive ketones (excluding diaryl/α,β-unsaturated/α-hetero) is 2. The monoisotopic (exact) mass is 559 g/mol. The van der Waals surface area contributed by atoms with Gasteiger partial charge >= 0.3 is 0 Å². The number of ketones is 2. The van der Waals surface area contributed by atoms with Crippen LogP contribution in [0.1, 0.15) is 48.7 Å². The van der Waals surface area contributed by atoms with E-state index in [0.717, 1.165) is 0 Å². The molecule has 0 aliphatic heterocycles. The number of amides is 1. The van der Waals surface area contributed by atoms with Crippen LogP contribution in [0.15, 0.2) is 28.7 Å². The van der Waals surface area contributed by atoms with Gasteiger partial charge in [0.15, 0.2) is 11.4 Å². The Hall–Kier alpha value is -3.45. The highest BCUT2D eigenvalue weighted by molar-refractivity contribution is 6.24. The number of aliphatic hydroxyl groups is 3. The molecule has 0 saturated heterocycles. The number of anilines is 1. The van der Waals surface area contributed by atoms with Crippen LogP contribution >= 0.6 is 0 Å². The van der Waals surface area contributed by atoms with Crippen LogP contribution in [0.5, 0.6) is 5.75 Å². The van der Waals surface area contributed by atoms with E-state index in [1.54, 1.807) is 59.9 Å². The lowest BCUT2D eigenvalue weighted by atomic mass is 9.58. The number of phenolic OH excluding ortho intramolecular Hbond substituents is 1. The molecule has 12 heteroatoms. The Morgan fingerprint density at radius 2 is 1.77 bits per heavy atom. The quantitative estimate of drug-likeness (QED) is 0.193. The molecule has 40 heavy (non-hydrogen) atoms. The number of aliphatic hydroxyl groups excluding tert-OH is 2. The summed E-state index contributed by atoms with van der Waals surface area (Å²) in [5, 5.41) is 45.3. The molecule has 3 aliphatic rings. The van der Waals surface area contributed by atoms with Gasteiger partial charge in [0.25, 0.3) is 5.91 Å². The summed E-state index contributed by atoms with van der Waals surface area (Å²) < 4.78 is 0. The van der Waals surface area contributed by atoms with Crippen molar-refractivity contribution in [1.29, 1.82) is 0 Å².